The van der Waals surface area contributed by atoms with Crippen molar-refractivity contribution in [2.24, 2.45) is 5.92 Å². The second kappa shape index (κ2) is 6.29. The maximum atomic E-state index is 13.6. The highest BCUT2D eigenvalue weighted by Crippen LogP contribution is 2.33. The summed E-state index contributed by atoms with van der Waals surface area (Å²) in [5.41, 5.74) is 1.57. The highest BCUT2D eigenvalue weighted by Gasteiger charge is 2.18. The van der Waals surface area contributed by atoms with Crippen LogP contribution in [0.4, 0.5) is 8.78 Å². The average Bonchev–Trinajstić information content (AvgIpc) is 2.44. The molecule has 0 spiro atoms. The molecule has 0 aliphatic carbocycles. The first-order valence-corrected chi connectivity index (χ1v) is 7.13. The second-order valence-electron chi connectivity index (χ2n) is 4.71. The van der Waals surface area contributed by atoms with Crippen LogP contribution in [-0.2, 0) is 6.42 Å². The summed E-state index contributed by atoms with van der Waals surface area (Å²) < 4.78 is 26.8. The molecule has 0 saturated heterocycles. The quantitative estimate of drug-likeness (QED) is 0.671. The molecule has 0 saturated carbocycles. The molecular formula is C16H15BrF2. The van der Waals surface area contributed by atoms with E-state index in [0.717, 1.165) is 11.6 Å². The second-order valence-corrected chi connectivity index (χ2v) is 5.69. The number of halogens is 3. The Labute approximate surface area is 120 Å². The van der Waals surface area contributed by atoms with Crippen molar-refractivity contribution in [1.82, 2.24) is 0 Å². The largest absolute Gasteiger partial charge is 0.204 e. The van der Waals surface area contributed by atoms with Crippen LogP contribution in [0.1, 0.15) is 22.9 Å². The lowest BCUT2D eigenvalue weighted by Gasteiger charge is -2.19. The molecule has 0 nitrogen and oxygen atoms in total. The van der Waals surface area contributed by atoms with Gasteiger partial charge in [-0.1, -0.05) is 65.3 Å². The SMILES string of the molecule is CC(Cc1cccc(F)c1F)C(Br)c1ccccc1. The van der Waals surface area contributed by atoms with Crippen molar-refractivity contribution in [1.29, 1.82) is 0 Å². The lowest BCUT2D eigenvalue weighted by atomic mass is 9.94. The molecule has 0 aliphatic heterocycles. The molecule has 0 aliphatic rings. The molecule has 2 aromatic rings. The van der Waals surface area contributed by atoms with Gasteiger partial charge in [-0.2, -0.15) is 0 Å². The van der Waals surface area contributed by atoms with Crippen molar-refractivity contribution >= 4 is 15.9 Å². The number of alkyl halides is 1. The van der Waals surface area contributed by atoms with E-state index >= 15 is 0 Å². The van der Waals surface area contributed by atoms with Gasteiger partial charge in [-0.15, -0.1) is 0 Å². The van der Waals surface area contributed by atoms with Gasteiger partial charge in [0.15, 0.2) is 11.6 Å². The summed E-state index contributed by atoms with van der Waals surface area (Å²) in [7, 11) is 0. The minimum absolute atomic E-state index is 0.122. The van der Waals surface area contributed by atoms with Gasteiger partial charge < -0.3 is 0 Å². The molecule has 0 radical (unpaired) electrons. The molecule has 0 N–H and O–H groups in total. The summed E-state index contributed by atoms with van der Waals surface area (Å²) in [4.78, 5) is 0.122. The van der Waals surface area contributed by atoms with E-state index in [1.54, 1.807) is 12.1 Å². The van der Waals surface area contributed by atoms with Crippen LogP contribution in [0.2, 0.25) is 0 Å². The Balaban J connectivity index is 2.13. The standard InChI is InChI=1S/C16H15BrF2/c1-11(15(17)12-6-3-2-4-7-12)10-13-8-5-9-14(18)16(13)19/h2-9,11,15H,10H2,1H3. The smallest absolute Gasteiger partial charge is 0.162 e. The molecule has 0 aromatic heterocycles. The maximum Gasteiger partial charge on any atom is 0.162 e. The van der Waals surface area contributed by atoms with E-state index in [0.29, 0.717) is 12.0 Å². The summed E-state index contributed by atoms with van der Waals surface area (Å²) in [5, 5.41) is 0. The fourth-order valence-electron chi connectivity index (χ4n) is 2.12. The zero-order valence-corrected chi connectivity index (χ0v) is 12.2. The van der Waals surface area contributed by atoms with Crippen molar-refractivity contribution in [3.8, 4) is 0 Å². The highest BCUT2D eigenvalue weighted by molar-refractivity contribution is 9.09. The third kappa shape index (κ3) is 3.41. The minimum atomic E-state index is -0.782. The molecule has 19 heavy (non-hydrogen) atoms. The van der Waals surface area contributed by atoms with Crippen LogP contribution in [0.3, 0.4) is 0 Å². The summed E-state index contributed by atoms with van der Waals surface area (Å²) in [6.07, 6.45) is 0.494. The average molecular weight is 325 g/mol. The van der Waals surface area contributed by atoms with Crippen LogP contribution in [0, 0.1) is 17.6 Å². The van der Waals surface area contributed by atoms with Crippen molar-refractivity contribution in [2.75, 3.05) is 0 Å². The van der Waals surface area contributed by atoms with E-state index in [4.69, 9.17) is 0 Å². The van der Waals surface area contributed by atoms with Crippen molar-refractivity contribution in [3.63, 3.8) is 0 Å². The molecule has 100 valence electrons. The third-order valence-corrected chi connectivity index (χ3v) is 4.62. The highest BCUT2D eigenvalue weighted by atomic mass is 79.9. The van der Waals surface area contributed by atoms with Gasteiger partial charge in [-0.3, -0.25) is 0 Å². The van der Waals surface area contributed by atoms with E-state index in [9.17, 15) is 8.78 Å². The first-order valence-electron chi connectivity index (χ1n) is 6.21. The van der Waals surface area contributed by atoms with Gasteiger partial charge in [0, 0.05) is 4.83 Å². The van der Waals surface area contributed by atoms with E-state index in [2.05, 4.69) is 15.9 Å². The molecule has 0 fully saturated rings. The van der Waals surface area contributed by atoms with Crippen LogP contribution in [0.25, 0.3) is 0 Å². The number of hydrogen-bond donors (Lipinski definition) is 0. The topological polar surface area (TPSA) is 0 Å². The Morgan fingerprint density at radius 3 is 2.37 bits per heavy atom. The molecule has 2 atom stereocenters. The lowest BCUT2D eigenvalue weighted by molar-refractivity contribution is 0.482. The number of hydrogen-bond acceptors (Lipinski definition) is 0. The molecule has 0 heterocycles. The monoisotopic (exact) mass is 324 g/mol. The summed E-state index contributed by atoms with van der Waals surface area (Å²) in [5.74, 6) is -1.35. The van der Waals surface area contributed by atoms with Crippen molar-refractivity contribution < 1.29 is 8.78 Å². The first-order chi connectivity index (χ1) is 9.09. The summed E-state index contributed by atoms with van der Waals surface area (Å²) in [6.45, 7) is 2.02. The maximum absolute atomic E-state index is 13.6. The Bertz CT molecular complexity index is 540. The molecule has 0 bridgehead atoms. The fraction of sp³-hybridized carbons (Fsp3) is 0.250. The Morgan fingerprint density at radius 1 is 1.00 bits per heavy atom. The van der Waals surface area contributed by atoms with E-state index < -0.39 is 11.6 Å². The van der Waals surface area contributed by atoms with Crippen LogP contribution in [0.15, 0.2) is 48.5 Å². The molecule has 2 aromatic carbocycles. The molecule has 2 unspecified atom stereocenters. The third-order valence-electron chi connectivity index (χ3n) is 3.19. The van der Waals surface area contributed by atoms with Gasteiger partial charge in [0.25, 0.3) is 0 Å². The van der Waals surface area contributed by atoms with E-state index in [-0.39, 0.29) is 10.7 Å². The molecular weight excluding hydrogens is 310 g/mol. The van der Waals surface area contributed by atoms with Crippen molar-refractivity contribution in [3.05, 3.63) is 71.3 Å². The van der Waals surface area contributed by atoms with Gasteiger partial charge in [-0.25, -0.2) is 8.78 Å². The van der Waals surface area contributed by atoms with Crippen LogP contribution in [0.5, 0.6) is 0 Å². The predicted octanol–water partition coefficient (Wildman–Crippen LogP) is 5.28. The fourth-order valence-corrected chi connectivity index (χ4v) is 2.61. The van der Waals surface area contributed by atoms with E-state index in [1.807, 2.05) is 37.3 Å². The lowest BCUT2D eigenvalue weighted by Crippen LogP contribution is -2.09. The van der Waals surface area contributed by atoms with Crippen LogP contribution < -0.4 is 0 Å². The Morgan fingerprint density at radius 2 is 1.68 bits per heavy atom. The van der Waals surface area contributed by atoms with Gasteiger partial charge >= 0.3 is 0 Å². The Hall–Kier alpha value is -1.22. The molecule has 2 rings (SSSR count). The first kappa shape index (κ1) is 14.2. The molecule has 0 amide bonds. The summed E-state index contributed by atoms with van der Waals surface area (Å²) >= 11 is 3.64. The minimum Gasteiger partial charge on any atom is -0.204 e. The summed E-state index contributed by atoms with van der Waals surface area (Å²) in [6, 6.07) is 14.3. The van der Waals surface area contributed by atoms with Gasteiger partial charge in [0.05, 0.1) is 0 Å². The van der Waals surface area contributed by atoms with Gasteiger partial charge in [-0.05, 0) is 29.5 Å². The zero-order valence-electron chi connectivity index (χ0n) is 10.6. The van der Waals surface area contributed by atoms with Gasteiger partial charge in [0.1, 0.15) is 0 Å². The van der Waals surface area contributed by atoms with Crippen LogP contribution in [-0.4, -0.2) is 0 Å². The van der Waals surface area contributed by atoms with E-state index in [1.165, 1.54) is 0 Å². The number of rotatable bonds is 4. The van der Waals surface area contributed by atoms with Gasteiger partial charge in [0.2, 0.25) is 0 Å². The normalized spacial score (nSPS) is 14.1. The molecule has 3 heteroatoms. The van der Waals surface area contributed by atoms with Crippen molar-refractivity contribution in [2.45, 2.75) is 18.2 Å². The van der Waals surface area contributed by atoms with Crippen LogP contribution >= 0.6 is 15.9 Å². The predicted molar refractivity (Wildman–Crippen MR) is 77.3 cm³/mol. The number of benzene rings is 2. The Kier molecular flexibility index (Phi) is 4.70. The zero-order chi connectivity index (χ0) is 13.8.